The Hall–Kier alpha value is -2.41. The summed E-state index contributed by atoms with van der Waals surface area (Å²) in [5.41, 5.74) is 1.18. The summed E-state index contributed by atoms with van der Waals surface area (Å²) in [5, 5.41) is 0. The molecule has 1 amide bonds. The van der Waals surface area contributed by atoms with Crippen LogP contribution in [0.2, 0.25) is 0 Å². The maximum absolute atomic E-state index is 13.4. The van der Waals surface area contributed by atoms with Crippen LogP contribution in [0.1, 0.15) is 28.8 Å². The normalized spacial score (nSPS) is 14.6. The zero-order valence-electron chi connectivity index (χ0n) is 13.8. The fourth-order valence-electron chi connectivity index (χ4n) is 2.90. The van der Waals surface area contributed by atoms with E-state index in [0.29, 0.717) is 24.2 Å². The molecule has 1 N–H and O–H groups in total. The van der Waals surface area contributed by atoms with Crippen LogP contribution in [0, 0.1) is 12.7 Å². The Kier molecular flexibility index (Phi) is 4.76. The first kappa shape index (κ1) is 17.4. The number of aryl methyl sites for hydroxylation is 1. The van der Waals surface area contributed by atoms with E-state index in [0.717, 1.165) is 18.9 Å². The molecule has 25 heavy (non-hydrogen) atoms. The van der Waals surface area contributed by atoms with Crippen LogP contribution in [0.5, 0.6) is 0 Å². The number of nitrogens with zero attached hydrogens (tertiary/aromatic N) is 1. The molecule has 0 bridgehead atoms. The lowest BCUT2D eigenvalue weighted by Gasteiger charge is -2.19. The van der Waals surface area contributed by atoms with Gasteiger partial charge in [0.05, 0.1) is 16.1 Å². The van der Waals surface area contributed by atoms with Gasteiger partial charge in [0.25, 0.3) is 15.9 Å². The standard InChI is InChI=1S/C18H19FN2O3S/c1-13-6-4-9-16(18(22)21-10-2-3-11-21)17(13)20-25(23,24)15-8-5-7-14(19)12-15/h4-9,12,20H,2-3,10-11H2,1H3. The molecule has 0 aromatic heterocycles. The number of hydrogen-bond acceptors (Lipinski definition) is 3. The van der Waals surface area contributed by atoms with Gasteiger partial charge in [-0.3, -0.25) is 9.52 Å². The average molecular weight is 362 g/mol. The van der Waals surface area contributed by atoms with Crippen molar-refractivity contribution < 1.29 is 17.6 Å². The molecule has 0 aliphatic carbocycles. The Morgan fingerprint density at radius 2 is 1.80 bits per heavy atom. The third kappa shape index (κ3) is 3.66. The Morgan fingerprint density at radius 3 is 2.48 bits per heavy atom. The van der Waals surface area contributed by atoms with Gasteiger partial charge in [0, 0.05) is 13.1 Å². The lowest BCUT2D eigenvalue weighted by atomic mass is 10.1. The van der Waals surface area contributed by atoms with E-state index < -0.39 is 15.8 Å². The number of likely N-dealkylation sites (tertiary alicyclic amines) is 1. The smallest absolute Gasteiger partial charge is 0.262 e. The first-order chi connectivity index (χ1) is 11.9. The number of sulfonamides is 1. The number of carbonyl (C=O) groups is 1. The quantitative estimate of drug-likeness (QED) is 0.908. The van der Waals surface area contributed by atoms with Crippen molar-refractivity contribution in [2.75, 3.05) is 17.8 Å². The van der Waals surface area contributed by atoms with Crippen LogP contribution < -0.4 is 4.72 Å². The molecule has 5 nitrogen and oxygen atoms in total. The van der Waals surface area contributed by atoms with Gasteiger partial charge in [-0.05, 0) is 49.6 Å². The lowest BCUT2D eigenvalue weighted by Crippen LogP contribution is -2.29. The van der Waals surface area contributed by atoms with Crippen LogP contribution in [0.25, 0.3) is 0 Å². The highest BCUT2D eigenvalue weighted by Crippen LogP contribution is 2.26. The van der Waals surface area contributed by atoms with Crippen molar-refractivity contribution in [3.63, 3.8) is 0 Å². The summed E-state index contributed by atoms with van der Waals surface area (Å²) in [5.74, 6) is -0.834. The highest BCUT2D eigenvalue weighted by molar-refractivity contribution is 7.92. The summed E-state index contributed by atoms with van der Waals surface area (Å²) in [4.78, 5) is 14.3. The van der Waals surface area contributed by atoms with E-state index >= 15 is 0 Å². The van der Waals surface area contributed by atoms with Gasteiger partial charge in [-0.2, -0.15) is 0 Å². The summed E-state index contributed by atoms with van der Waals surface area (Å²) < 4.78 is 41.0. The fourth-order valence-corrected chi connectivity index (χ4v) is 4.08. The summed E-state index contributed by atoms with van der Waals surface area (Å²) in [6, 6.07) is 9.82. The second-order valence-corrected chi connectivity index (χ2v) is 7.74. The predicted octanol–water partition coefficient (Wildman–Crippen LogP) is 3.17. The third-order valence-electron chi connectivity index (χ3n) is 4.24. The minimum absolute atomic E-state index is 0.185. The van der Waals surface area contributed by atoms with Crippen molar-refractivity contribution in [1.82, 2.24) is 4.90 Å². The van der Waals surface area contributed by atoms with E-state index in [-0.39, 0.29) is 16.5 Å². The van der Waals surface area contributed by atoms with Crippen LogP contribution in [0.3, 0.4) is 0 Å². The van der Waals surface area contributed by atoms with E-state index in [2.05, 4.69) is 4.72 Å². The van der Waals surface area contributed by atoms with Crippen LogP contribution in [0.4, 0.5) is 10.1 Å². The zero-order chi connectivity index (χ0) is 18.0. The fraction of sp³-hybridized carbons (Fsp3) is 0.278. The number of carbonyl (C=O) groups excluding carboxylic acids is 1. The number of benzene rings is 2. The van der Waals surface area contributed by atoms with Crippen LogP contribution in [-0.4, -0.2) is 32.3 Å². The van der Waals surface area contributed by atoms with E-state index in [1.54, 1.807) is 30.0 Å². The molecular formula is C18H19FN2O3S. The summed E-state index contributed by atoms with van der Waals surface area (Å²) in [6.45, 7) is 3.07. The first-order valence-corrected chi connectivity index (χ1v) is 9.54. The molecule has 1 heterocycles. The van der Waals surface area contributed by atoms with Crippen molar-refractivity contribution in [3.05, 3.63) is 59.4 Å². The van der Waals surface area contributed by atoms with E-state index in [4.69, 9.17) is 0 Å². The van der Waals surface area contributed by atoms with Gasteiger partial charge in [-0.15, -0.1) is 0 Å². The minimum atomic E-state index is -4.00. The molecule has 7 heteroatoms. The topological polar surface area (TPSA) is 66.5 Å². The molecule has 0 atom stereocenters. The molecule has 0 spiro atoms. The first-order valence-electron chi connectivity index (χ1n) is 8.06. The second-order valence-electron chi connectivity index (χ2n) is 6.06. The molecule has 132 valence electrons. The maximum atomic E-state index is 13.4. The Labute approximate surface area is 146 Å². The third-order valence-corrected chi connectivity index (χ3v) is 5.59. The Morgan fingerprint density at radius 1 is 1.12 bits per heavy atom. The van der Waals surface area contributed by atoms with Gasteiger partial charge in [-0.1, -0.05) is 18.2 Å². The SMILES string of the molecule is Cc1cccc(C(=O)N2CCCC2)c1NS(=O)(=O)c1cccc(F)c1. The molecule has 0 radical (unpaired) electrons. The van der Waals surface area contributed by atoms with Crippen molar-refractivity contribution in [3.8, 4) is 0 Å². The number of hydrogen-bond donors (Lipinski definition) is 1. The van der Waals surface area contributed by atoms with Gasteiger partial charge < -0.3 is 4.90 Å². The number of halogens is 1. The lowest BCUT2D eigenvalue weighted by molar-refractivity contribution is 0.0794. The predicted molar refractivity (Wildman–Crippen MR) is 93.5 cm³/mol. The molecule has 2 aromatic rings. The van der Waals surface area contributed by atoms with Gasteiger partial charge >= 0.3 is 0 Å². The average Bonchev–Trinajstić information content (AvgIpc) is 3.10. The van der Waals surface area contributed by atoms with Crippen molar-refractivity contribution in [1.29, 1.82) is 0 Å². The van der Waals surface area contributed by atoms with Gasteiger partial charge in [-0.25, -0.2) is 12.8 Å². The van der Waals surface area contributed by atoms with E-state index in [1.807, 2.05) is 0 Å². The molecule has 3 rings (SSSR count). The molecule has 1 saturated heterocycles. The number of nitrogens with one attached hydrogen (secondary N) is 1. The van der Waals surface area contributed by atoms with Crippen molar-refractivity contribution in [2.24, 2.45) is 0 Å². The van der Waals surface area contributed by atoms with Crippen molar-refractivity contribution in [2.45, 2.75) is 24.7 Å². The highest BCUT2D eigenvalue weighted by Gasteiger charge is 2.25. The van der Waals surface area contributed by atoms with Crippen LogP contribution in [-0.2, 0) is 10.0 Å². The van der Waals surface area contributed by atoms with Gasteiger partial charge in [0.15, 0.2) is 0 Å². The molecule has 1 aliphatic heterocycles. The number of para-hydroxylation sites is 1. The maximum Gasteiger partial charge on any atom is 0.262 e. The molecule has 0 unspecified atom stereocenters. The van der Waals surface area contributed by atoms with Crippen LogP contribution in [0.15, 0.2) is 47.4 Å². The van der Waals surface area contributed by atoms with Gasteiger partial charge in [0.1, 0.15) is 5.82 Å². The van der Waals surface area contributed by atoms with E-state index in [1.165, 1.54) is 18.2 Å². The zero-order valence-corrected chi connectivity index (χ0v) is 14.6. The molecule has 2 aromatic carbocycles. The van der Waals surface area contributed by atoms with Crippen molar-refractivity contribution >= 4 is 21.6 Å². The molecular weight excluding hydrogens is 343 g/mol. The molecule has 1 aliphatic rings. The molecule has 1 fully saturated rings. The summed E-state index contributed by atoms with van der Waals surface area (Å²) >= 11 is 0. The summed E-state index contributed by atoms with van der Waals surface area (Å²) in [7, 11) is -4.00. The summed E-state index contributed by atoms with van der Waals surface area (Å²) in [6.07, 6.45) is 1.89. The Balaban J connectivity index is 1.98. The van der Waals surface area contributed by atoms with Gasteiger partial charge in [0.2, 0.25) is 0 Å². The number of rotatable bonds is 4. The highest BCUT2D eigenvalue weighted by atomic mass is 32.2. The monoisotopic (exact) mass is 362 g/mol. The Bertz CT molecular complexity index is 906. The largest absolute Gasteiger partial charge is 0.339 e. The minimum Gasteiger partial charge on any atom is -0.339 e. The number of amides is 1. The van der Waals surface area contributed by atoms with E-state index in [9.17, 15) is 17.6 Å². The second kappa shape index (κ2) is 6.84. The number of anilines is 1. The molecule has 0 saturated carbocycles. The van der Waals surface area contributed by atoms with Crippen LogP contribution >= 0.6 is 0 Å².